The molecule has 1 aromatic heterocycles. The second kappa shape index (κ2) is 10.8. The molecule has 1 aliphatic rings. The minimum Gasteiger partial charge on any atom is -0.363 e. The number of amides is 2. The summed E-state index contributed by atoms with van der Waals surface area (Å²) < 4.78 is 79.9. The quantitative estimate of drug-likeness (QED) is 0.347. The van der Waals surface area contributed by atoms with E-state index >= 15 is 0 Å². The van der Waals surface area contributed by atoms with E-state index in [2.05, 4.69) is 10.3 Å². The highest BCUT2D eigenvalue weighted by Gasteiger charge is 2.31. The van der Waals surface area contributed by atoms with Crippen molar-refractivity contribution in [3.8, 4) is 0 Å². The van der Waals surface area contributed by atoms with Crippen LogP contribution in [-0.2, 0) is 30.6 Å². The predicted octanol–water partition coefficient (Wildman–Crippen LogP) is 6.20. The summed E-state index contributed by atoms with van der Waals surface area (Å²) >= 11 is 0. The number of aromatic nitrogens is 1. The first-order chi connectivity index (χ1) is 18.6. The lowest BCUT2D eigenvalue weighted by Crippen LogP contribution is -2.38. The van der Waals surface area contributed by atoms with E-state index in [1.54, 1.807) is 18.2 Å². The molecule has 4 rings (SSSR count). The number of benzene rings is 2. The molecule has 2 amide bonds. The first kappa shape index (κ1) is 28.9. The molecule has 0 fully saturated rings. The van der Waals surface area contributed by atoms with Crippen molar-refractivity contribution in [1.82, 2.24) is 10.3 Å². The maximum atomic E-state index is 13.8. The van der Waals surface area contributed by atoms with Crippen molar-refractivity contribution in [2.75, 3.05) is 16.8 Å². The number of rotatable bonds is 7. The van der Waals surface area contributed by atoms with Crippen molar-refractivity contribution >= 4 is 23.2 Å². The van der Waals surface area contributed by atoms with Crippen LogP contribution in [0.3, 0.4) is 0 Å². The number of pyridine rings is 1. The predicted molar refractivity (Wildman–Crippen MR) is 137 cm³/mol. The van der Waals surface area contributed by atoms with Gasteiger partial charge in [0.05, 0.1) is 11.1 Å². The Morgan fingerprint density at radius 1 is 1.00 bits per heavy atom. The molecule has 0 saturated carbocycles. The highest BCUT2D eigenvalue weighted by Crippen LogP contribution is 2.34. The number of alkyl halides is 6. The van der Waals surface area contributed by atoms with Crippen molar-refractivity contribution in [3.63, 3.8) is 0 Å². The second-order valence-corrected chi connectivity index (χ2v) is 9.95. The number of halogens is 6. The number of hydrogen-bond donors (Lipinski definition) is 1. The summed E-state index contributed by atoms with van der Waals surface area (Å²) in [4.78, 5) is 31.9. The van der Waals surface area contributed by atoms with Gasteiger partial charge in [-0.2, -0.15) is 13.2 Å². The molecule has 0 unspecified atom stereocenters. The molecule has 0 spiro atoms. The fraction of sp³-hybridized carbons (Fsp3) is 0.321. The van der Waals surface area contributed by atoms with Crippen molar-refractivity contribution in [2.45, 2.75) is 51.8 Å². The molecule has 3 aromatic rings. The highest BCUT2D eigenvalue weighted by molar-refractivity contribution is 6.06. The van der Waals surface area contributed by atoms with Crippen LogP contribution in [0.1, 0.15) is 58.6 Å². The number of carbonyl (C=O) groups is 2. The number of nitrogens with zero attached hydrogens (tertiary/aromatic N) is 3. The zero-order valence-corrected chi connectivity index (χ0v) is 21.8. The number of nitrogens with one attached hydrogen (secondary N) is 1. The molecular weight excluding hydrogens is 538 g/mol. The van der Waals surface area contributed by atoms with E-state index < -0.39 is 41.3 Å². The fourth-order valence-electron chi connectivity index (χ4n) is 4.28. The molecule has 1 N–H and O–H groups in total. The van der Waals surface area contributed by atoms with Crippen molar-refractivity contribution in [2.24, 2.45) is 0 Å². The van der Waals surface area contributed by atoms with Crippen LogP contribution in [0.15, 0.2) is 54.7 Å². The lowest BCUT2D eigenvalue weighted by molar-refractivity contribution is -0.137. The lowest BCUT2D eigenvalue weighted by Gasteiger charge is -2.20. The molecule has 40 heavy (non-hydrogen) atoms. The summed E-state index contributed by atoms with van der Waals surface area (Å²) in [6.45, 7) is 2.75. The third-order valence-corrected chi connectivity index (χ3v) is 6.57. The molecule has 0 radical (unpaired) electrons. The Hall–Kier alpha value is -4.09. The molecule has 6 nitrogen and oxygen atoms in total. The number of carbonyl (C=O) groups excluding carboxylic acids is 2. The van der Waals surface area contributed by atoms with Gasteiger partial charge in [0.25, 0.3) is 18.2 Å². The topological polar surface area (TPSA) is 65.5 Å². The summed E-state index contributed by atoms with van der Waals surface area (Å²) in [5, 5.41) is 2.34. The first-order valence-electron chi connectivity index (χ1n) is 12.2. The molecule has 2 aromatic carbocycles. The van der Waals surface area contributed by atoms with Crippen molar-refractivity contribution in [3.05, 3.63) is 88.2 Å². The minimum atomic E-state index is -4.43. The van der Waals surface area contributed by atoms with Gasteiger partial charge in [0.15, 0.2) is 5.67 Å². The summed E-state index contributed by atoms with van der Waals surface area (Å²) in [6, 6.07) is 11.2. The largest absolute Gasteiger partial charge is 0.416 e. The van der Waals surface area contributed by atoms with Crippen molar-refractivity contribution in [1.29, 1.82) is 0 Å². The van der Waals surface area contributed by atoms with E-state index in [9.17, 15) is 35.9 Å². The lowest BCUT2D eigenvalue weighted by atomic mass is 10.1. The molecule has 1 aliphatic heterocycles. The van der Waals surface area contributed by atoms with Crippen LogP contribution in [0.25, 0.3) is 0 Å². The van der Waals surface area contributed by atoms with Crippen molar-refractivity contribution < 1.29 is 35.9 Å². The monoisotopic (exact) mass is 564 g/mol. The molecule has 0 saturated heterocycles. The van der Waals surface area contributed by atoms with Gasteiger partial charge in [-0.3, -0.25) is 14.6 Å². The summed E-state index contributed by atoms with van der Waals surface area (Å²) in [7, 11) is 1.42. The third-order valence-electron chi connectivity index (χ3n) is 6.57. The van der Waals surface area contributed by atoms with E-state index in [0.717, 1.165) is 43.3 Å². The van der Waals surface area contributed by atoms with Gasteiger partial charge >= 0.3 is 6.18 Å². The maximum absolute atomic E-state index is 13.8. The summed E-state index contributed by atoms with van der Waals surface area (Å²) in [5.41, 5.74) is -1.000. The third kappa shape index (κ3) is 6.21. The van der Waals surface area contributed by atoms with E-state index in [4.69, 9.17) is 0 Å². The average Bonchev–Trinajstić information content (AvgIpc) is 3.33. The number of anilines is 2. The van der Waals surface area contributed by atoms with Crippen LogP contribution in [0.2, 0.25) is 0 Å². The van der Waals surface area contributed by atoms with Gasteiger partial charge in [0.2, 0.25) is 0 Å². The Labute approximate surface area is 226 Å². The van der Waals surface area contributed by atoms with Gasteiger partial charge in [-0.15, -0.1) is 0 Å². The fourth-order valence-corrected chi connectivity index (χ4v) is 4.28. The van der Waals surface area contributed by atoms with Gasteiger partial charge in [0, 0.05) is 44.3 Å². The van der Waals surface area contributed by atoms with Gasteiger partial charge < -0.3 is 15.1 Å². The molecule has 0 atom stereocenters. The molecule has 12 heteroatoms. The highest BCUT2D eigenvalue weighted by atomic mass is 19.4. The maximum Gasteiger partial charge on any atom is 0.416 e. The molecule has 0 bridgehead atoms. The van der Waals surface area contributed by atoms with E-state index in [-0.39, 0.29) is 17.7 Å². The van der Waals surface area contributed by atoms with Crippen LogP contribution in [0.4, 0.5) is 37.7 Å². The second-order valence-electron chi connectivity index (χ2n) is 9.95. The van der Waals surface area contributed by atoms with Gasteiger partial charge in [-0.05, 0) is 73.0 Å². The summed E-state index contributed by atoms with van der Waals surface area (Å²) in [5.74, 6) is -1.67. The van der Waals surface area contributed by atoms with Gasteiger partial charge in [0.1, 0.15) is 5.69 Å². The van der Waals surface area contributed by atoms with E-state index in [1.807, 2.05) is 4.90 Å². The van der Waals surface area contributed by atoms with Gasteiger partial charge in [-0.1, -0.05) is 6.07 Å². The Kier molecular flexibility index (Phi) is 7.82. The average molecular weight is 565 g/mol. The first-order valence-corrected chi connectivity index (χ1v) is 12.2. The standard InChI is InChI=1S/C28H26F6N4O2/c1-27(2,31)26(40)36-13-16-10-22(23(24(29)30)35-12-16)25(39)37(3)21-7-4-17-14-38(15-18(17)11-21)20-8-5-19(6-9-20)28(32,33)34/h4-12,24H,13-15H2,1-3H3,(H,36,40). The molecule has 0 aliphatic carbocycles. The smallest absolute Gasteiger partial charge is 0.363 e. The van der Waals surface area contributed by atoms with E-state index in [0.29, 0.717) is 24.5 Å². The molecule has 2 heterocycles. The van der Waals surface area contributed by atoms with Crippen LogP contribution < -0.4 is 15.1 Å². The Bertz CT molecular complexity index is 1420. The molecular formula is C28H26F6N4O2. The summed E-state index contributed by atoms with van der Waals surface area (Å²) in [6.07, 6.45) is -6.38. The SMILES string of the molecule is CN(C(=O)c1cc(CNC(=O)C(C)(C)F)cnc1C(F)F)c1ccc2c(c1)CN(c1ccc(C(F)(F)F)cc1)C2. The molecule has 212 valence electrons. The number of fused-ring (bicyclic) bond motifs is 1. The normalized spacial score (nSPS) is 13.4. The zero-order chi connectivity index (χ0) is 29.4. The van der Waals surface area contributed by atoms with Crippen LogP contribution in [0.5, 0.6) is 0 Å². The minimum absolute atomic E-state index is 0.217. The Morgan fingerprint density at radius 3 is 2.25 bits per heavy atom. The Morgan fingerprint density at radius 2 is 1.65 bits per heavy atom. The Balaban J connectivity index is 1.53. The van der Waals surface area contributed by atoms with Crippen LogP contribution in [0, 0.1) is 0 Å². The van der Waals surface area contributed by atoms with Crippen LogP contribution >= 0.6 is 0 Å². The van der Waals surface area contributed by atoms with E-state index in [1.165, 1.54) is 30.1 Å². The number of hydrogen-bond acceptors (Lipinski definition) is 4. The zero-order valence-electron chi connectivity index (χ0n) is 21.8. The van der Waals surface area contributed by atoms with Crippen LogP contribution in [-0.4, -0.2) is 29.5 Å². The van der Waals surface area contributed by atoms with Gasteiger partial charge in [-0.25, -0.2) is 13.2 Å².